The normalized spacial score (nSPS) is 17.2. The Morgan fingerprint density at radius 2 is 1.20 bits per heavy atom. The quantitative estimate of drug-likeness (QED) is 0.0159. The molecule has 75 heavy (non-hydrogen) atoms. The third kappa shape index (κ3) is 23.4. The fraction of sp³-hybridized carbons (Fsp3) is 0.727. The van der Waals surface area contributed by atoms with E-state index in [-0.39, 0.29) is 51.2 Å². The summed E-state index contributed by atoms with van der Waals surface area (Å²) in [5.74, 6) is -11.5. The molecule has 0 radical (unpaired) electrons. The van der Waals surface area contributed by atoms with Crippen molar-refractivity contribution in [3.05, 3.63) is 0 Å². The maximum absolute atomic E-state index is 13.8. The van der Waals surface area contributed by atoms with Crippen LogP contribution in [0.2, 0.25) is 0 Å². The number of primary amides is 1. The van der Waals surface area contributed by atoms with Crippen LogP contribution in [0.5, 0.6) is 0 Å². The van der Waals surface area contributed by atoms with E-state index in [1.165, 1.54) is 25.6 Å². The van der Waals surface area contributed by atoms with Gasteiger partial charge in [-0.05, 0) is 89.7 Å². The van der Waals surface area contributed by atoms with Crippen LogP contribution in [-0.4, -0.2) is 208 Å². The highest BCUT2D eigenvalue weighted by Gasteiger charge is 2.41. The van der Waals surface area contributed by atoms with E-state index in [1.807, 2.05) is 0 Å². The molecule has 0 aliphatic carbocycles. The summed E-state index contributed by atoms with van der Waals surface area (Å²) in [5.41, 5.74) is 27.3. The number of unbranched alkanes of at least 4 members (excludes halogenated alkanes) is 1. The first kappa shape index (κ1) is 66.6. The van der Waals surface area contributed by atoms with Crippen LogP contribution in [0.4, 0.5) is 0 Å². The Bertz CT molecular complexity index is 2000. The number of aliphatic hydroxyl groups excluding tert-OH is 3. The number of carbonyl (C=O) groups excluding carboxylic acids is 10. The highest BCUT2D eigenvalue weighted by molar-refractivity contribution is 7.98. The zero-order chi connectivity index (χ0) is 57.1. The van der Waals surface area contributed by atoms with E-state index in [1.54, 1.807) is 20.1 Å². The number of nitrogens with one attached hydrogen (secondary N) is 8. The Kier molecular flexibility index (Phi) is 30.4. The predicted molar refractivity (Wildman–Crippen MR) is 272 cm³/mol. The first-order valence-electron chi connectivity index (χ1n) is 24.4. The Morgan fingerprint density at radius 3 is 1.73 bits per heavy atom. The number of aliphatic hydroxyl groups is 3. The number of hydrogen-bond acceptors (Lipinski definition) is 18. The number of hydrogen-bond donors (Lipinski definition) is 17. The number of amides is 10. The number of aliphatic imine (C=N–C) groups is 1. The molecule has 10 amide bonds. The maximum atomic E-state index is 13.8. The van der Waals surface area contributed by atoms with Crippen molar-refractivity contribution in [2.24, 2.45) is 39.6 Å². The minimum atomic E-state index is -1.74. The molecule has 426 valence electrons. The number of likely N-dealkylation sites (tertiary alicyclic amines) is 1. The van der Waals surface area contributed by atoms with Crippen molar-refractivity contribution in [2.75, 3.05) is 44.9 Å². The van der Waals surface area contributed by atoms with Crippen molar-refractivity contribution in [1.29, 1.82) is 0 Å². The summed E-state index contributed by atoms with van der Waals surface area (Å²) in [4.78, 5) is 150. The molecule has 1 saturated heterocycles. The molecule has 11 atom stereocenters. The second-order valence-electron chi connectivity index (χ2n) is 18.2. The lowest BCUT2D eigenvalue weighted by Gasteiger charge is -2.32. The number of nitrogens with two attached hydrogens (primary N) is 5. The van der Waals surface area contributed by atoms with E-state index in [0.717, 1.165) is 4.90 Å². The molecule has 0 aromatic heterocycles. The topological polar surface area (TPSA) is 511 Å². The summed E-state index contributed by atoms with van der Waals surface area (Å²) >= 11 is 1.32. The molecule has 1 heterocycles. The number of aliphatic carboxylic acids is 1. The summed E-state index contributed by atoms with van der Waals surface area (Å²) in [6.45, 7) is 4.10. The Balaban J connectivity index is 3.27. The minimum Gasteiger partial charge on any atom is -0.480 e. The van der Waals surface area contributed by atoms with Gasteiger partial charge in [0.1, 0.15) is 60.4 Å². The molecule has 0 bridgehead atoms. The van der Waals surface area contributed by atoms with Gasteiger partial charge in [-0.1, -0.05) is 13.8 Å². The van der Waals surface area contributed by atoms with E-state index < -0.39 is 157 Å². The van der Waals surface area contributed by atoms with E-state index in [9.17, 15) is 73.2 Å². The van der Waals surface area contributed by atoms with Gasteiger partial charge in [-0.15, -0.1) is 0 Å². The van der Waals surface area contributed by atoms with Crippen molar-refractivity contribution in [3.8, 4) is 0 Å². The van der Waals surface area contributed by atoms with Crippen LogP contribution in [0.25, 0.3) is 0 Å². The molecule has 1 rings (SSSR count). The predicted octanol–water partition coefficient (Wildman–Crippen LogP) is -7.88. The number of carbonyl (C=O) groups is 11. The third-order valence-corrected chi connectivity index (χ3v) is 12.3. The fourth-order valence-corrected chi connectivity index (χ4v) is 7.86. The third-order valence-electron chi connectivity index (χ3n) is 11.7. The highest BCUT2D eigenvalue weighted by Crippen LogP contribution is 2.20. The zero-order valence-corrected chi connectivity index (χ0v) is 43.8. The Labute approximate surface area is 438 Å². The van der Waals surface area contributed by atoms with Crippen LogP contribution in [0.1, 0.15) is 85.5 Å². The molecule has 1 aliphatic heterocycles. The van der Waals surface area contributed by atoms with Crippen LogP contribution in [0.3, 0.4) is 0 Å². The summed E-state index contributed by atoms with van der Waals surface area (Å²) in [6, 6.07) is -14.5. The van der Waals surface area contributed by atoms with Gasteiger partial charge in [0.25, 0.3) is 0 Å². The number of carboxylic acids is 1. The Hall–Kier alpha value is -6.41. The summed E-state index contributed by atoms with van der Waals surface area (Å²) in [7, 11) is 0. The van der Waals surface area contributed by atoms with Crippen LogP contribution in [-0.2, 0) is 52.7 Å². The van der Waals surface area contributed by atoms with Crippen molar-refractivity contribution in [3.63, 3.8) is 0 Å². The average molecular weight is 1090 g/mol. The smallest absolute Gasteiger partial charge is 0.326 e. The monoisotopic (exact) mass is 1090 g/mol. The second-order valence-corrected chi connectivity index (χ2v) is 19.2. The zero-order valence-electron chi connectivity index (χ0n) is 43.0. The van der Waals surface area contributed by atoms with Gasteiger partial charge in [-0.25, -0.2) is 4.79 Å². The van der Waals surface area contributed by atoms with Gasteiger partial charge < -0.3 is 96.5 Å². The van der Waals surface area contributed by atoms with Gasteiger partial charge >= 0.3 is 5.97 Å². The largest absolute Gasteiger partial charge is 0.480 e. The Morgan fingerprint density at radius 1 is 0.653 bits per heavy atom. The lowest BCUT2D eigenvalue weighted by molar-refractivity contribution is -0.144. The molecule has 0 unspecified atom stereocenters. The number of rotatable bonds is 35. The van der Waals surface area contributed by atoms with Crippen LogP contribution in [0.15, 0.2) is 4.99 Å². The molecule has 0 spiro atoms. The minimum absolute atomic E-state index is 0.0212. The highest BCUT2D eigenvalue weighted by atomic mass is 32.2. The molecule has 30 nitrogen and oxygen atoms in total. The molecular weight excluding hydrogens is 1010 g/mol. The van der Waals surface area contributed by atoms with Crippen LogP contribution < -0.4 is 71.2 Å². The summed E-state index contributed by atoms with van der Waals surface area (Å²) < 4.78 is 0. The number of guanidine groups is 1. The molecule has 0 aromatic carbocycles. The van der Waals surface area contributed by atoms with Gasteiger partial charge in [0.2, 0.25) is 59.1 Å². The molecule has 0 aromatic rings. The van der Waals surface area contributed by atoms with Gasteiger partial charge in [0, 0.05) is 13.1 Å². The van der Waals surface area contributed by atoms with Crippen molar-refractivity contribution >= 4 is 82.8 Å². The lowest BCUT2D eigenvalue weighted by Crippen LogP contribution is -2.62. The van der Waals surface area contributed by atoms with E-state index in [2.05, 4.69) is 47.5 Å². The average Bonchev–Trinajstić information content (AvgIpc) is 3.85. The van der Waals surface area contributed by atoms with Crippen molar-refractivity contribution < 1.29 is 73.2 Å². The summed E-state index contributed by atoms with van der Waals surface area (Å²) in [6.07, 6.45) is 0.829. The fourth-order valence-electron chi connectivity index (χ4n) is 7.38. The SMILES string of the molecule is CSCC[C@H](NC(=O)[C@H](CC(N)=O)NC(=O)[C@H](C)NC(=O)[C@H](CCCN=C(N)N)NC(=O)[C@H](CO)NC(=O)[C@@H](NC(=O)[C@@H]1CCCN1C(=O)[C@@H](NC(=O)[C@@H](N)CO)[C@@H](C)O)C(C)C)C(=O)N[C@@H](CCCCN)C(=O)O. The molecule has 1 aliphatic rings. The second kappa shape index (κ2) is 34.2. The molecular formula is C44H79N15O15S. The molecule has 22 N–H and O–H groups in total. The van der Waals surface area contributed by atoms with Crippen LogP contribution in [0, 0.1) is 5.92 Å². The van der Waals surface area contributed by atoms with Gasteiger partial charge in [-0.2, -0.15) is 11.8 Å². The number of thioether (sulfide) groups is 1. The molecule has 31 heteroatoms. The van der Waals surface area contributed by atoms with Gasteiger partial charge in [0.05, 0.1) is 25.7 Å². The van der Waals surface area contributed by atoms with E-state index in [0.29, 0.717) is 31.6 Å². The van der Waals surface area contributed by atoms with Crippen molar-refractivity contribution in [1.82, 2.24) is 47.4 Å². The standard InChI is InChI=1S/C44H79N15O15S/c1-21(2)32(57-40(70)30-12-9-16-59(30)42(72)33(23(4)62)58-35(65)24(46)19-60)41(71)56-29(20-61)39(69)52-25(11-8-15-50-44(48)49)36(66)51-22(3)34(64)55-28(18-31(47)63)38(68)53-26(13-17-75-5)37(67)54-27(43(73)74)10-6-7-14-45/h21-30,32-33,60-62H,6-20,45-46H2,1-5H3,(H2,47,63)(H,51,66)(H,52,69)(H,53,68)(H,54,67)(H,55,64)(H,56,71)(H,57,70)(H,58,65)(H,73,74)(H4,48,49,50)/t22-,23+,24-,25-,26-,27-,28-,29-,30-,32-,33-/m0/s1. The number of carboxylic acid groups (broad SMARTS) is 1. The number of nitrogens with zero attached hydrogens (tertiary/aromatic N) is 2. The van der Waals surface area contributed by atoms with Crippen molar-refractivity contribution in [2.45, 2.75) is 152 Å². The maximum Gasteiger partial charge on any atom is 0.326 e. The first-order chi connectivity index (χ1) is 35.2. The molecule has 1 fully saturated rings. The van der Waals surface area contributed by atoms with Gasteiger partial charge in [0.15, 0.2) is 5.96 Å². The lowest BCUT2D eigenvalue weighted by atomic mass is 10.0. The first-order valence-corrected chi connectivity index (χ1v) is 25.8. The van der Waals surface area contributed by atoms with Crippen LogP contribution >= 0.6 is 11.8 Å². The van der Waals surface area contributed by atoms with E-state index >= 15 is 0 Å². The van der Waals surface area contributed by atoms with E-state index in [4.69, 9.17) is 28.7 Å². The summed E-state index contributed by atoms with van der Waals surface area (Å²) in [5, 5.41) is 58.7. The molecule has 0 saturated carbocycles. The van der Waals surface area contributed by atoms with Gasteiger partial charge in [-0.3, -0.25) is 52.9 Å².